The molecular formula is C33H61N. The van der Waals surface area contributed by atoms with Gasteiger partial charge in [0.05, 0.1) is 5.70 Å². The van der Waals surface area contributed by atoms with Gasteiger partial charge in [0.2, 0.25) is 0 Å². The summed E-state index contributed by atoms with van der Waals surface area (Å²) in [6.45, 7) is 33.1. The number of rotatable bonds is 9. The largest absolute Gasteiger partial charge is 0.259 e. The topological polar surface area (TPSA) is 12.4 Å². The summed E-state index contributed by atoms with van der Waals surface area (Å²) in [6.07, 6.45) is 12.8. The second-order valence-electron chi connectivity index (χ2n) is 8.61. The van der Waals surface area contributed by atoms with E-state index in [4.69, 9.17) is 0 Å². The van der Waals surface area contributed by atoms with E-state index < -0.39 is 0 Å². The van der Waals surface area contributed by atoms with Gasteiger partial charge in [-0.15, -0.1) is 0 Å². The zero-order chi connectivity index (χ0) is 27.4. The van der Waals surface area contributed by atoms with Gasteiger partial charge in [-0.05, 0) is 56.7 Å². The van der Waals surface area contributed by atoms with Crippen LogP contribution in [0.25, 0.3) is 5.57 Å². The highest BCUT2D eigenvalue weighted by Gasteiger charge is 1.94. The Bertz CT molecular complexity index is 628. The van der Waals surface area contributed by atoms with Crippen LogP contribution in [0.3, 0.4) is 0 Å². The lowest BCUT2D eigenvalue weighted by Crippen LogP contribution is -1.89. The first-order valence-electron chi connectivity index (χ1n) is 13.7. The molecule has 1 nitrogen and oxygen atoms in total. The Morgan fingerprint density at radius 3 is 1.68 bits per heavy atom. The standard InChI is InChI=1S/C12H21N.C10H12.C5H12.C4H10.C2H6/c1-6-11(5)13-12(7-2)9-8-10(3)4;1-8(2)10-7-5-4-6-9(10)3;1-3-5-4-2;1-3-4-2;1-2/h7,9-10H,2,6,8H2,1,3-5H3;4-7H,1H2,2-3H3;3-5H2,1-2H3;3-4H2,1-2H3;1-2H3/b12-9+,13-11?;;;;. The first-order valence-corrected chi connectivity index (χ1v) is 13.7. The van der Waals surface area contributed by atoms with Crippen LogP contribution >= 0.6 is 0 Å². The molecule has 0 atom stereocenters. The third-order valence-corrected chi connectivity index (χ3v) is 4.65. The van der Waals surface area contributed by atoms with Crippen LogP contribution < -0.4 is 0 Å². The van der Waals surface area contributed by atoms with E-state index in [1.54, 1.807) is 0 Å². The lowest BCUT2D eigenvalue weighted by atomic mass is 10.0. The summed E-state index contributed by atoms with van der Waals surface area (Å²) in [6, 6.07) is 8.28. The van der Waals surface area contributed by atoms with E-state index in [1.807, 2.05) is 45.9 Å². The maximum Gasteiger partial charge on any atom is 0.0583 e. The summed E-state index contributed by atoms with van der Waals surface area (Å²) in [5, 5.41) is 0. The predicted molar refractivity (Wildman–Crippen MR) is 164 cm³/mol. The second-order valence-corrected chi connectivity index (χ2v) is 8.61. The fraction of sp³-hybridized carbons (Fsp3) is 0.606. The molecule has 0 radical (unpaired) electrons. The van der Waals surface area contributed by atoms with Crippen molar-refractivity contribution in [1.82, 2.24) is 0 Å². The van der Waals surface area contributed by atoms with E-state index in [0.717, 1.165) is 29.8 Å². The second kappa shape index (κ2) is 31.1. The molecule has 0 saturated heterocycles. The zero-order valence-corrected chi connectivity index (χ0v) is 25.4. The highest BCUT2D eigenvalue weighted by Crippen LogP contribution is 2.15. The zero-order valence-electron chi connectivity index (χ0n) is 25.4. The van der Waals surface area contributed by atoms with E-state index in [9.17, 15) is 0 Å². The van der Waals surface area contributed by atoms with Gasteiger partial charge in [0.25, 0.3) is 0 Å². The van der Waals surface area contributed by atoms with E-state index in [-0.39, 0.29) is 0 Å². The predicted octanol–water partition coefficient (Wildman–Crippen LogP) is 12.0. The third-order valence-electron chi connectivity index (χ3n) is 4.65. The Hall–Kier alpha value is -1.89. The molecule has 0 aliphatic carbocycles. The molecule has 198 valence electrons. The Balaban J connectivity index is -0.000000189. The van der Waals surface area contributed by atoms with Crippen molar-refractivity contribution in [1.29, 1.82) is 0 Å². The van der Waals surface area contributed by atoms with E-state index in [2.05, 4.69) is 91.7 Å². The third kappa shape index (κ3) is 30.1. The quantitative estimate of drug-likeness (QED) is 0.251. The number of aliphatic imine (C=N–C) groups is 1. The van der Waals surface area contributed by atoms with Crippen LogP contribution in [-0.4, -0.2) is 5.71 Å². The normalized spacial score (nSPS) is 10.3. The smallest absolute Gasteiger partial charge is 0.0583 e. The number of benzene rings is 1. The molecule has 0 aromatic heterocycles. The van der Waals surface area contributed by atoms with Gasteiger partial charge in [0.15, 0.2) is 0 Å². The minimum atomic E-state index is 0.687. The molecular weight excluding hydrogens is 410 g/mol. The Labute approximate surface area is 216 Å². The number of unbranched alkanes of at least 4 members (excludes halogenated alkanes) is 3. The van der Waals surface area contributed by atoms with Crippen molar-refractivity contribution in [3.05, 3.63) is 66.4 Å². The number of hydrogen-bond donors (Lipinski definition) is 0. The van der Waals surface area contributed by atoms with Crippen LogP contribution in [0.1, 0.15) is 132 Å². The molecule has 1 rings (SSSR count). The van der Waals surface area contributed by atoms with Crippen molar-refractivity contribution in [3.8, 4) is 0 Å². The van der Waals surface area contributed by atoms with Crippen LogP contribution in [0.15, 0.2) is 60.3 Å². The summed E-state index contributed by atoms with van der Waals surface area (Å²) >= 11 is 0. The van der Waals surface area contributed by atoms with E-state index in [1.165, 1.54) is 43.2 Å². The molecule has 0 saturated carbocycles. The number of aryl methyl sites for hydroxylation is 1. The summed E-state index contributed by atoms with van der Waals surface area (Å²) in [5.74, 6) is 0.687. The molecule has 0 heterocycles. The molecule has 0 aliphatic rings. The molecule has 0 spiro atoms. The molecule has 1 aromatic rings. The highest BCUT2D eigenvalue weighted by atomic mass is 14.7. The SMILES string of the molecule is C=C(C)c1ccccc1C.C=C/C(=C\CC(C)C)N=C(C)CC.CC.CCCC.CCCCC. The van der Waals surface area contributed by atoms with Crippen LogP contribution in [0, 0.1) is 12.8 Å². The van der Waals surface area contributed by atoms with Crippen LogP contribution in [0.4, 0.5) is 0 Å². The van der Waals surface area contributed by atoms with E-state index in [0.29, 0.717) is 5.92 Å². The number of hydrogen-bond acceptors (Lipinski definition) is 1. The summed E-state index contributed by atoms with van der Waals surface area (Å²) in [4.78, 5) is 4.45. The molecule has 0 amide bonds. The minimum Gasteiger partial charge on any atom is -0.259 e. The summed E-state index contributed by atoms with van der Waals surface area (Å²) in [5.41, 5.74) is 5.87. The van der Waals surface area contributed by atoms with Gasteiger partial charge >= 0.3 is 0 Å². The van der Waals surface area contributed by atoms with Gasteiger partial charge in [-0.25, -0.2) is 0 Å². The average Bonchev–Trinajstić information content (AvgIpc) is 2.84. The van der Waals surface area contributed by atoms with Gasteiger partial charge < -0.3 is 0 Å². The van der Waals surface area contributed by atoms with Crippen molar-refractivity contribution < 1.29 is 0 Å². The molecule has 1 aromatic carbocycles. The highest BCUT2D eigenvalue weighted by molar-refractivity contribution is 5.82. The molecule has 0 aliphatic heterocycles. The maximum absolute atomic E-state index is 4.45. The van der Waals surface area contributed by atoms with Crippen molar-refractivity contribution in [2.75, 3.05) is 0 Å². The van der Waals surface area contributed by atoms with Crippen molar-refractivity contribution in [2.45, 2.75) is 128 Å². The van der Waals surface area contributed by atoms with E-state index >= 15 is 0 Å². The molecule has 0 fully saturated rings. The van der Waals surface area contributed by atoms with Crippen LogP contribution in [-0.2, 0) is 0 Å². The average molecular weight is 472 g/mol. The monoisotopic (exact) mass is 471 g/mol. The molecule has 0 N–H and O–H groups in total. The molecule has 0 unspecified atom stereocenters. The van der Waals surface area contributed by atoms with Gasteiger partial charge in [0, 0.05) is 5.71 Å². The Morgan fingerprint density at radius 1 is 0.912 bits per heavy atom. The van der Waals surface area contributed by atoms with Gasteiger partial charge in [-0.2, -0.15) is 0 Å². The van der Waals surface area contributed by atoms with Gasteiger partial charge in [-0.1, -0.05) is 143 Å². The lowest BCUT2D eigenvalue weighted by Gasteiger charge is -2.02. The first kappa shape index (κ1) is 39.3. The van der Waals surface area contributed by atoms with Crippen molar-refractivity contribution in [2.24, 2.45) is 10.9 Å². The summed E-state index contributed by atoms with van der Waals surface area (Å²) in [7, 11) is 0. The van der Waals surface area contributed by atoms with Crippen molar-refractivity contribution in [3.63, 3.8) is 0 Å². The number of nitrogens with zero attached hydrogens (tertiary/aromatic N) is 1. The molecule has 1 heteroatoms. The van der Waals surface area contributed by atoms with Gasteiger partial charge in [-0.3, -0.25) is 4.99 Å². The minimum absolute atomic E-state index is 0.687. The van der Waals surface area contributed by atoms with Crippen molar-refractivity contribution >= 4 is 11.3 Å². The lowest BCUT2D eigenvalue weighted by molar-refractivity contribution is 0.661. The summed E-state index contributed by atoms with van der Waals surface area (Å²) < 4.78 is 0. The van der Waals surface area contributed by atoms with Crippen LogP contribution in [0.5, 0.6) is 0 Å². The Morgan fingerprint density at radius 2 is 1.41 bits per heavy atom. The van der Waals surface area contributed by atoms with Crippen LogP contribution in [0.2, 0.25) is 0 Å². The number of allylic oxidation sites excluding steroid dienone is 3. The Kier molecular flexibility index (Phi) is 36.0. The first-order chi connectivity index (χ1) is 16.1. The fourth-order valence-electron chi connectivity index (χ4n) is 2.24. The fourth-order valence-corrected chi connectivity index (χ4v) is 2.24. The molecule has 0 bridgehead atoms. The molecule has 34 heavy (non-hydrogen) atoms. The van der Waals surface area contributed by atoms with Gasteiger partial charge in [0.1, 0.15) is 0 Å². The maximum atomic E-state index is 4.45.